The smallest absolute Gasteiger partial charge is 0.158 e. The maximum absolute atomic E-state index is 12.3. The van der Waals surface area contributed by atoms with Gasteiger partial charge >= 0.3 is 0 Å². The number of para-hydroxylation sites is 1. The predicted octanol–water partition coefficient (Wildman–Crippen LogP) is 0.899. The highest BCUT2D eigenvalue weighted by atomic mass is 32.2. The summed E-state index contributed by atoms with van der Waals surface area (Å²) in [4.78, 5) is 0. The van der Waals surface area contributed by atoms with Gasteiger partial charge in [-0.2, -0.15) is 0 Å². The third-order valence-corrected chi connectivity index (χ3v) is 5.53. The van der Waals surface area contributed by atoms with Crippen molar-refractivity contribution in [1.82, 2.24) is 0 Å². The number of benzene rings is 1. The van der Waals surface area contributed by atoms with Crippen molar-refractivity contribution >= 4 is 9.84 Å². The quantitative estimate of drug-likeness (QED) is 0.813. The highest BCUT2D eigenvalue weighted by Gasteiger charge is 2.37. The van der Waals surface area contributed by atoms with Gasteiger partial charge in [0, 0.05) is 19.3 Å². The first-order chi connectivity index (χ1) is 9.06. The van der Waals surface area contributed by atoms with Gasteiger partial charge in [0.25, 0.3) is 0 Å². The minimum atomic E-state index is -3.28. The number of hydrogen-bond acceptors (Lipinski definition) is 5. The van der Waals surface area contributed by atoms with E-state index in [1.165, 1.54) is 0 Å². The number of nitrogens with two attached hydrogens (primary N) is 1. The third kappa shape index (κ3) is 3.08. The summed E-state index contributed by atoms with van der Waals surface area (Å²) in [7, 11) is -1.72. The molecule has 0 saturated heterocycles. The Labute approximate surface area is 113 Å². The van der Waals surface area contributed by atoms with E-state index >= 15 is 0 Å². The van der Waals surface area contributed by atoms with Gasteiger partial charge in [-0.1, -0.05) is 18.2 Å². The van der Waals surface area contributed by atoms with Crippen LogP contribution < -0.4 is 10.5 Å². The number of ether oxygens (including phenoxy) is 2. The van der Waals surface area contributed by atoms with Crippen LogP contribution in [-0.2, 0) is 14.6 Å². The van der Waals surface area contributed by atoms with E-state index in [0.29, 0.717) is 18.8 Å². The summed E-state index contributed by atoms with van der Waals surface area (Å²) in [6, 6.07) is 6.78. The van der Waals surface area contributed by atoms with Crippen LogP contribution >= 0.6 is 0 Å². The molecule has 0 bridgehead atoms. The molecule has 0 radical (unpaired) electrons. The normalized spacial score (nSPS) is 22.6. The van der Waals surface area contributed by atoms with Gasteiger partial charge in [0.2, 0.25) is 0 Å². The van der Waals surface area contributed by atoms with Crippen molar-refractivity contribution in [1.29, 1.82) is 0 Å². The minimum Gasteiger partial charge on any atom is -0.492 e. The molecular formula is C13H19NO4S. The molecule has 2 atom stereocenters. The van der Waals surface area contributed by atoms with Crippen molar-refractivity contribution < 1.29 is 17.9 Å². The van der Waals surface area contributed by atoms with Crippen LogP contribution in [0, 0.1) is 0 Å². The van der Waals surface area contributed by atoms with Gasteiger partial charge in [0.15, 0.2) is 9.84 Å². The van der Waals surface area contributed by atoms with Crippen LogP contribution in [0.1, 0.15) is 18.0 Å². The standard InChI is InChI=1S/C13H19NO4S/c1-17-7-4-8-19(15,16)12-9-18-11-6-3-2-5-10(11)13(12)14/h2-3,5-6,12-13H,4,7-9,14H2,1H3. The van der Waals surface area contributed by atoms with E-state index in [2.05, 4.69) is 0 Å². The van der Waals surface area contributed by atoms with E-state index in [1.807, 2.05) is 24.3 Å². The fraction of sp³-hybridized carbons (Fsp3) is 0.538. The average molecular weight is 285 g/mol. The van der Waals surface area contributed by atoms with Crippen molar-refractivity contribution in [2.75, 3.05) is 26.1 Å². The average Bonchev–Trinajstić information content (AvgIpc) is 2.39. The highest BCUT2D eigenvalue weighted by molar-refractivity contribution is 7.92. The zero-order valence-corrected chi connectivity index (χ0v) is 11.7. The second-order valence-corrected chi connectivity index (χ2v) is 6.97. The van der Waals surface area contributed by atoms with Crippen LogP contribution in [-0.4, -0.2) is 39.7 Å². The van der Waals surface area contributed by atoms with Crippen molar-refractivity contribution in [3.8, 4) is 5.75 Å². The van der Waals surface area contributed by atoms with Crippen LogP contribution in [0.25, 0.3) is 0 Å². The SMILES string of the molecule is COCCCS(=O)(=O)C1COc2ccccc2C1N. The van der Waals surface area contributed by atoms with Gasteiger partial charge in [-0.05, 0) is 12.5 Å². The molecule has 0 aliphatic carbocycles. The molecule has 0 fully saturated rings. The van der Waals surface area contributed by atoms with E-state index in [1.54, 1.807) is 7.11 Å². The Morgan fingerprint density at radius 1 is 1.42 bits per heavy atom. The second-order valence-electron chi connectivity index (χ2n) is 4.63. The molecule has 1 aliphatic rings. The minimum absolute atomic E-state index is 0.0741. The highest BCUT2D eigenvalue weighted by Crippen LogP contribution is 2.33. The Kier molecular flexibility index (Phi) is 4.44. The summed E-state index contributed by atoms with van der Waals surface area (Å²) in [5.41, 5.74) is 6.85. The number of hydrogen-bond donors (Lipinski definition) is 1. The van der Waals surface area contributed by atoms with Crippen LogP contribution in [0.2, 0.25) is 0 Å². The first kappa shape index (κ1) is 14.3. The van der Waals surface area contributed by atoms with Gasteiger partial charge in [0.1, 0.15) is 17.6 Å². The van der Waals surface area contributed by atoms with Crippen molar-refractivity contribution in [2.45, 2.75) is 17.7 Å². The molecule has 0 amide bonds. The largest absolute Gasteiger partial charge is 0.492 e. The van der Waals surface area contributed by atoms with E-state index in [-0.39, 0.29) is 12.4 Å². The zero-order valence-electron chi connectivity index (χ0n) is 10.9. The van der Waals surface area contributed by atoms with Crippen LogP contribution in [0.5, 0.6) is 5.75 Å². The molecule has 1 aromatic rings. The molecule has 2 N–H and O–H groups in total. The Morgan fingerprint density at radius 2 is 2.16 bits per heavy atom. The molecule has 2 rings (SSSR count). The van der Waals surface area contributed by atoms with Gasteiger partial charge in [0.05, 0.1) is 11.8 Å². The summed E-state index contributed by atoms with van der Waals surface area (Å²) < 4.78 is 34.9. The lowest BCUT2D eigenvalue weighted by Gasteiger charge is -2.30. The Bertz CT molecular complexity index is 529. The number of rotatable bonds is 5. The lowest BCUT2D eigenvalue weighted by molar-refractivity contribution is 0.199. The van der Waals surface area contributed by atoms with Gasteiger partial charge < -0.3 is 15.2 Å². The molecular weight excluding hydrogens is 266 g/mol. The molecule has 1 heterocycles. The molecule has 2 unspecified atom stereocenters. The molecule has 0 spiro atoms. The number of methoxy groups -OCH3 is 1. The number of fused-ring (bicyclic) bond motifs is 1. The van der Waals surface area contributed by atoms with Crippen molar-refractivity contribution in [2.24, 2.45) is 5.73 Å². The van der Waals surface area contributed by atoms with Gasteiger partial charge in [-0.25, -0.2) is 8.42 Å². The fourth-order valence-corrected chi connectivity index (χ4v) is 3.94. The van der Waals surface area contributed by atoms with E-state index in [9.17, 15) is 8.42 Å². The Morgan fingerprint density at radius 3 is 2.89 bits per heavy atom. The third-order valence-electron chi connectivity index (χ3n) is 3.32. The summed E-state index contributed by atoms with van der Waals surface area (Å²) in [5, 5.41) is -0.681. The van der Waals surface area contributed by atoms with E-state index in [0.717, 1.165) is 5.56 Å². The second kappa shape index (κ2) is 5.90. The molecule has 6 heteroatoms. The Balaban J connectivity index is 2.15. The summed E-state index contributed by atoms with van der Waals surface area (Å²) in [6.45, 7) is 0.548. The van der Waals surface area contributed by atoms with Crippen LogP contribution in [0.4, 0.5) is 0 Å². The van der Waals surface area contributed by atoms with Gasteiger partial charge in [-0.15, -0.1) is 0 Å². The molecule has 19 heavy (non-hydrogen) atoms. The monoisotopic (exact) mass is 285 g/mol. The molecule has 106 valence electrons. The predicted molar refractivity (Wildman–Crippen MR) is 72.9 cm³/mol. The molecule has 0 saturated carbocycles. The zero-order chi connectivity index (χ0) is 13.9. The molecule has 0 aromatic heterocycles. The van der Waals surface area contributed by atoms with Crippen LogP contribution in [0.15, 0.2) is 24.3 Å². The summed E-state index contributed by atoms with van der Waals surface area (Å²) in [5.74, 6) is 0.753. The lowest BCUT2D eigenvalue weighted by atomic mass is 10.0. The summed E-state index contributed by atoms with van der Waals surface area (Å²) >= 11 is 0. The van der Waals surface area contributed by atoms with Gasteiger partial charge in [-0.3, -0.25) is 0 Å². The first-order valence-corrected chi connectivity index (χ1v) is 7.95. The molecule has 1 aliphatic heterocycles. The topological polar surface area (TPSA) is 78.6 Å². The van der Waals surface area contributed by atoms with E-state index in [4.69, 9.17) is 15.2 Å². The fourth-order valence-electron chi connectivity index (χ4n) is 2.25. The molecule has 1 aromatic carbocycles. The van der Waals surface area contributed by atoms with E-state index < -0.39 is 21.1 Å². The maximum atomic E-state index is 12.3. The van der Waals surface area contributed by atoms with Crippen LogP contribution in [0.3, 0.4) is 0 Å². The summed E-state index contributed by atoms with van der Waals surface area (Å²) in [6.07, 6.45) is 0.476. The lowest BCUT2D eigenvalue weighted by Crippen LogP contribution is -2.42. The van der Waals surface area contributed by atoms with Crippen molar-refractivity contribution in [3.63, 3.8) is 0 Å². The van der Waals surface area contributed by atoms with Crippen molar-refractivity contribution in [3.05, 3.63) is 29.8 Å². The maximum Gasteiger partial charge on any atom is 0.158 e. The number of sulfone groups is 1. The molecule has 5 nitrogen and oxygen atoms in total. The first-order valence-electron chi connectivity index (χ1n) is 6.24. The Hall–Kier alpha value is -1.11.